The minimum Gasteiger partial charge on any atom is -0.341 e. The molecular formula is C17H20BrN5O. The first-order chi connectivity index (χ1) is 11.3. The van der Waals surface area contributed by atoms with E-state index in [-0.39, 0.29) is 11.1 Å². The number of fused-ring (bicyclic) bond motifs is 1. The molecule has 0 fully saturated rings. The molecule has 0 saturated heterocycles. The van der Waals surface area contributed by atoms with Crippen LogP contribution in [0.3, 0.4) is 0 Å². The standard InChI is InChI=1S/C17H20BrN5O/c1-17(2,3)23-14-12(9-19-23)15(24)21-16(20-14)22(4)10-11-7-5-6-8-13(11)18/h5-9H,10H2,1-4H3,(H,20,21,24). The van der Waals surface area contributed by atoms with Crippen molar-refractivity contribution in [2.75, 3.05) is 11.9 Å². The Hall–Kier alpha value is -2.15. The van der Waals surface area contributed by atoms with Gasteiger partial charge in [0.2, 0.25) is 5.95 Å². The van der Waals surface area contributed by atoms with Gasteiger partial charge in [-0.1, -0.05) is 34.1 Å². The van der Waals surface area contributed by atoms with E-state index in [1.807, 2.05) is 57.0 Å². The van der Waals surface area contributed by atoms with Crippen molar-refractivity contribution in [3.05, 3.63) is 50.9 Å². The molecule has 0 unspecified atom stereocenters. The first-order valence-corrected chi connectivity index (χ1v) is 8.50. The second-order valence-electron chi connectivity index (χ2n) is 6.80. The predicted octanol–water partition coefficient (Wildman–Crippen LogP) is 3.27. The molecule has 0 spiro atoms. The fourth-order valence-corrected chi connectivity index (χ4v) is 2.95. The number of H-pyrrole nitrogens is 1. The highest BCUT2D eigenvalue weighted by molar-refractivity contribution is 9.10. The maximum atomic E-state index is 12.4. The number of nitrogens with one attached hydrogen (secondary N) is 1. The molecule has 0 radical (unpaired) electrons. The molecule has 126 valence electrons. The SMILES string of the molecule is CN(Cc1ccccc1Br)c1nc2c(cnn2C(C)(C)C)c(=O)[nH]1. The molecule has 3 rings (SSSR count). The van der Waals surface area contributed by atoms with Crippen molar-refractivity contribution in [1.29, 1.82) is 0 Å². The second-order valence-corrected chi connectivity index (χ2v) is 7.66. The molecule has 1 N–H and O–H groups in total. The van der Waals surface area contributed by atoms with Crippen LogP contribution in [-0.2, 0) is 12.1 Å². The van der Waals surface area contributed by atoms with E-state index in [4.69, 9.17) is 0 Å². The highest BCUT2D eigenvalue weighted by Gasteiger charge is 2.20. The smallest absolute Gasteiger partial charge is 0.263 e. The average Bonchev–Trinajstić information content (AvgIpc) is 2.94. The van der Waals surface area contributed by atoms with Crippen molar-refractivity contribution in [1.82, 2.24) is 19.7 Å². The Bertz CT molecular complexity index is 938. The Balaban J connectivity index is 2.03. The van der Waals surface area contributed by atoms with Crippen LogP contribution in [0.25, 0.3) is 11.0 Å². The Kier molecular flexibility index (Phi) is 4.21. The second kappa shape index (κ2) is 6.05. The van der Waals surface area contributed by atoms with Gasteiger partial charge in [0, 0.05) is 18.1 Å². The van der Waals surface area contributed by atoms with Crippen LogP contribution in [0.1, 0.15) is 26.3 Å². The van der Waals surface area contributed by atoms with E-state index in [1.165, 1.54) is 0 Å². The molecule has 3 aromatic rings. The summed E-state index contributed by atoms with van der Waals surface area (Å²) in [6, 6.07) is 8.00. The number of nitrogens with zero attached hydrogens (tertiary/aromatic N) is 4. The number of rotatable bonds is 3. The Labute approximate surface area is 148 Å². The van der Waals surface area contributed by atoms with Gasteiger partial charge in [-0.2, -0.15) is 10.1 Å². The summed E-state index contributed by atoms with van der Waals surface area (Å²) >= 11 is 3.55. The maximum Gasteiger partial charge on any atom is 0.263 e. The zero-order valence-electron chi connectivity index (χ0n) is 14.2. The van der Waals surface area contributed by atoms with E-state index in [0.717, 1.165) is 10.0 Å². The molecule has 2 heterocycles. The number of aromatic amines is 1. The van der Waals surface area contributed by atoms with Crippen molar-refractivity contribution >= 4 is 32.9 Å². The third kappa shape index (κ3) is 3.08. The molecular weight excluding hydrogens is 370 g/mol. The fraction of sp³-hybridized carbons (Fsp3) is 0.353. The van der Waals surface area contributed by atoms with Gasteiger partial charge in [-0.25, -0.2) is 4.68 Å². The fourth-order valence-electron chi connectivity index (χ4n) is 2.54. The van der Waals surface area contributed by atoms with Crippen LogP contribution in [0.5, 0.6) is 0 Å². The lowest BCUT2D eigenvalue weighted by molar-refractivity contribution is 0.366. The van der Waals surface area contributed by atoms with E-state index in [2.05, 4.69) is 31.0 Å². The van der Waals surface area contributed by atoms with Crippen molar-refractivity contribution in [2.24, 2.45) is 0 Å². The van der Waals surface area contributed by atoms with Gasteiger partial charge in [-0.15, -0.1) is 0 Å². The summed E-state index contributed by atoms with van der Waals surface area (Å²) in [6.07, 6.45) is 1.57. The largest absolute Gasteiger partial charge is 0.341 e. The van der Waals surface area contributed by atoms with Gasteiger partial charge >= 0.3 is 0 Å². The lowest BCUT2D eigenvalue weighted by Crippen LogP contribution is -2.26. The Morgan fingerprint density at radius 2 is 2.00 bits per heavy atom. The molecule has 0 aliphatic rings. The molecule has 0 bridgehead atoms. The van der Waals surface area contributed by atoms with Gasteiger partial charge in [0.1, 0.15) is 5.39 Å². The lowest BCUT2D eigenvalue weighted by atomic mass is 10.1. The van der Waals surface area contributed by atoms with Gasteiger partial charge in [0.05, 0.1) is 11.7 Å². The summed E-state index contributed by atoms with van der Waals surface area (Å²) in [5, 5.41) is 4.84. The van der Waals surface area contributed by atoms with Crippen molar-refractivity contribution in [3.8, 4) is 0 Å². The van der Waals surface area contributed by atoms with Gasteiger partial charge in [0.25, 0.3) is 5.56 Å². The lowest BCUT2D eigenvalue weighted by Gasteiger charge is -2.21. The third-order valence-corrected chi connectivity index (χ3v) is 4.56. The van der Waals surface area contributed by atoms with E-state index in [0.29, 0.717) is 23.5 Å². The summed E-state index contributed by atoms with van der Waals surface area (Å²) in [7, 11) is 1.90. The van der Waals surface area contributed by atoms with Crippen molar-refractivity contribution < 1.29 is 0 Å². The normalized spacial score (nSPS) is 11.9. The molecule has 2 aromatic heterocycles. The molecule has 0 saturated carbocycles. The molecule has 0 aliphatic heterocycles. The number of halogens is 1. The zero-order valence-corrected chi connectivity index (χ0v) is 15.8. The van der Waals surface area contributed by atoms with E-state index < -0.39 is 0 Å². The van der Waals surface area contributed by atoms with Crippen LogP contribution in [0.4, 0.5) is 5.95 Å². The number of hydrogen-bond acceptors (Lipinski definition) is 4. The molecule has 0 atom stereocenters. The molecule has 1 aromatic carbocycles. The topological polar surface area (TPSA) is 66.8 Å². The van der Waals surface area contributed by atoms with Crippen molar-refractivity contribution in [3.63, 3.8) is 0 Å². The van der Waals surface area contributed by atoms with E-state index in [1.54, 1.807) is 10.9 Å². The zero-order chi connectivity index (χ0) is 17.5. The highest BCUT2D eigenvalue weighted by Crippen LogP contribution is 2.21. The number of aromatic nitrogens is 4. The summed E-state index contributed by atoms with van der Waals surface area (Å²) in [6.45, 7) is 6.73. The monoisotopic (exact) mass is 389 g/mol. The quantitative estimate of drug-likeness (QED) is 0.746. The van der Waals surface area contributed by atoms with E-state index in [9.17, 15) is 4.79 Å². The van der Waals surface area contributed by atoms with Crippen LogP contribution < -0.4 is 10.5 Å². The van der Waals surface area contributed by atoms with Gasteiger partial charge in [-0.05, 0) is 32.4 Å². The van der Waals surface area contributed by atoms with Gasteiger partial charge in [0.15, 0.2) is 5.65 Å². The first kappa shape index (κ1) is 16.7. The first-order valence-electron chi connectivity index (χ1n) is 7.70. The maximum absolute atomic E-state index is 12.4. The average molecular weight is 390 g/mol. The minimum atomic E-state index is -0.249. The highest BCUT2D eigenvalue weighted by atomic mass is 79.9. The number of anilines is 1. The summed E-state index contributed by atoms with van der Waals surface area (Å²) < 4.78 is 2.81. The molecule has 7 heteroatoms. The minimum absolute atomic E-state index is 0.176. The number of benzene rings is 1. The molecule has 0 aliphatic carbocycles. The predicted molar refractivity (Wildman–Crippen MR) is 99.4 cm³/mol. The third-order valence-electron chi connectivity index (χ3n) is 3.79. The summed E-state index contributed by atoms with van der Waals surface area (Å²) in [4.78, 5) is 21.8. The molecule has 0 amide bonds. The van der Waals surface area contributed by atoms with E-state index >= 15 is 0 Å². The van der Waals surface area contributed by atoms with Gasteiger partial charge < -0.3 is 4.90 Å². The van der Waals surface area contributed by atoms with Crippen LogP contribution >= 0.6 is 15.9 Å². The molecule has 6 nitrogen and oxygen atoms in total. The van der Waals surface area contributed by atoms with Crippen LogP contribution in [0.15, 0.2) is 39.7 Å². The van der Waals surface area contributed by atoms with Crippen LogP contribution in [-0.4, -0.2) is 26.8 Å². The Morgan fingerprint density at radius 1 is 1.29 bits per heavy atom. The van der Waals surface area contributed by atoms with Crippen molar-refractivity contribution in [2.45, 2.75) is 32.9 Å². The van der Waals surface area contributed by atoms with Crippen LogP contribution in [0, 0.1) is 0 Å². The molecule has 24 heavy (non-hydrogen) atoms. The summed E-state index contributed by atoms with van der Waals surface area (Å²) in [5.74, 6) is 0.522. The van der Waals surface area contributed by atoms with Crippen LogP contribution in [0.2, 0.25) is 0 Å². The number of hydrogen-bond donors (Lipinski definition) is 1. The summed E-state index contributed by atoms with van der Waals surface area (Å²) in [5.41, 5.74) is 1.29. The Morgan fingerprint density at radius 3 is 2.67 bits per heavy atom. The van der Waals surface area contributed by atoms with Gasteiger partial charge in [-0.3, -0.25) is 9.78 Å².